The van der Waals surface area contributed by atoms with Crippen LogP contribution in [0.2, 0.25) is 5.02 Å². The van der Waals surface area contributed by atoms with Gasteiger partial charge in [-0.25, -0.2) is 4.79 Å². The maximum Gasteiger partial charge on any atom is 0.379 e. The van der Waals surface area contributed by atoms with E-state index in [9.17, 15) is 14.7 Å². The van der Waals surface area contributed by atoms with E-state index in [0.717, 1.165) is 0 Å². The molecule has 0 heterocycles. The Hall–Kier alpha value is -1.55. The van der Waals surface area contributed by atoms with Crippen LogP contribution < -0.4 is 0 Å². The zero-order chi connectivity index (χ0) is 13.2. The van der Waals surface area contributed by atoms with E-state index in [-0.39, 0.29) is 17.9 Å². The van der Waals surface area contributed by atoms with Crippen molar-refractivity contribution in [1.29, 1.82) is 0 Å². The minimum absolute atomic E-state index is 0.0506. The van der Waals surface area contributed by atoms with Crippen molar-refractivity contribution < 1.29 is 19.4 Å². The minimum Gasteiger partial charge on any atom is -0.507 e. The first-order valence-electron chi connectivity index (χ1n) is 5.10. The lowest BCUT2D eigenvalue weighted by Gasteiger charge is -2.10. The predicted octanol–water partition coefficient (Wildman–Crippen LogP) is 2.41. The van der Waals surface area contributed by atoms with Crippen LogP contribution in [0.3, 0.4) is 0 Å². The number of ketones is 1. The SMILES string of the molecule is CCOC(=O)C(=O)c1c(C)cc(Cl)c(C)c1O. The Morgan fingerprint density at radius 1 is 1.41 bits per heavy atom. The van der Waals surface area contributed by atoms with Crippen LogP contribution >= 0.6 is 11.6 Å². The highest BCUT2D eigenvalue weighted by atomic mass is 35.5. The van der Waals surface area contributed by atoms with E-state index in [2.05, 4.69) is 4.74 Å². The second kappa shape index (κ2) is 5.19. The predicted molar refractivity (Wildman–Crippen MR) is 63.6 cm³/mol. The number of benzene rings is 1. The second-order valence-corrected chi connectivity index (χ2v) is 3.98. The molecule has 1 aromatic rings. The number of carbonyl (C=O) groups is 2. The van der Waals surface area contributed by atoms with Crippen LogP contribution in [0.4, 0.5) is 0 Å². The maximum absolute atomic E-state index is 11.8. The fourth-order valence-corrected chi connectivity index (χ4v) is 1.70. The summed E-state index contributed by atoms with van der Waals surface area (Å²) in [5, 5.41) is 10.2. The van der Waals surface area contributed by atoms with E-state index in [1.165, 1.54) is 6.07 Å². The molecule has 0 spiro atoms. The smallest absolute Gasteiger partial charge is 0.379 e. The maximum atomic E-state index is 11.8. The molecule has 1 N–H and O–H groups in total. The molecule has 0 atom stereocenters. The Kier molecular flexibility index (Phi) is 4.12. The van der Waals surface area contributed by atoms with Crippen LogP contribution in [0.1, 0.15) is 28.4 Å². The van der Waals surface area contributed by atoms with Gasteiger partial charge in [-0.15, -0.1) is 0 Å². The molecule has 0 aliphatic heterocycles. The first-order chi connectivity index (χ1) is 7.90. The van der Waals surface area contributed by atoms with Crippen LogP contribution in [0.25, 0.3) is 0 Å². The fraction of sp³-hybridized carbons (Fsp3) is 0.333. The number of aromatic hydroxyl groups is 1. The molecule has 1 rings (SSSR count). The zero-order valence-electron chi connectivity index (χ0n) is 9.83. The van der Waals surface area contributed by atoms with Gasteiger partial charge in [0, 0.05) is 10.6 Å². The molecular formula is C12H13ClO4. The Labute approximate surface area is 104 Å². The number of aryl methyl sites for hydroxylation is 1. The van der Waals surface area contributed by atoms with Gasteiger partial charge in [-0.05, 0) is 32.4 Å². The highest BCUT2D eigenvalue weighted by Crippen LogP contribution is 2.31. The molecule has 0 saturated heterocycles. The van der Waals surface area contributed by atoms with Crippen LogP contribution in [0.15, 0.2) is 6.07 Å². The summed E-state index contributed by atoms with van der Waals surface area (Å²) >= 11 is 5.85. The average Bonchev–Trinajstić information content (AvgIpc) is 2.26. The summed E-state index contributed by atoms with van der Waals surface area (Å²) in [6.07, 6.45) is 0. The van der Waals surface area contributed by atoms with Crippen molar-refractivity contribution in [3.63, 3.8) is 0 Å². The molecule has 0 aliphatic carbocycles. The number of ether oxygens (including phenoxy) is 1. The normalized spacial score (nSPS) is 10.1. The first kappa shape index (κ1) is 13.5. The van der Waals surface area contributed by atoms with Crippen molar-refractivity contribution in [1.82, 2.24) is 0 Å². The Bertz CT molecular complexity index is 480. The summed E-state index contributed by atoms with van der Waals surface area (Å²) < 4.78 is 4.61. The average molecular weight is 257 g/mol. The summed E-state index contributed by atoms with van der Waals surface area (Å²) in [6.45, 7) is 4.87. The summed E-state index contributed by atoms with van der Waals surface area (Å²) in [5.41, 5.74) is 0.756. The lowest BCUT2D eigenvalue weighted by molar-refractivity contribution is -0.137. The summed E-state index contributed by atoms with van der Waals surface area (Å²) in [5.74, 6) is -2.11. The third-order valence-electron chi connectivity index (χ3n) is 2.38. The molecule has 0 fully saturated rings. The molecule has 0 unspecified atom stereocenters. The molecule has 0 radical (unpaired) electrons. The summed E-state index contributed by atoms with van der Waals surface area (Å²) in [7, 11) is 0. The van der Waals surface area contributed by atoms with Gasteiger partial charge < -0.3 is 9.84 Å². The van der Waals surface area contributed by atoms with Gasteiger partial charge in [0.15, 0.2) is 0 Å². The molecule has 5 heteroatoms. The van der Waals surface area contributed by atoms with Gasteiger partial charge >= 0.3 is 5.97 Å². The first-order valence-corrected chi connectivity index (χ1v) is 5.48. The van der Waals surface area contributed by atoms with Gasteiger partial charge in [0.1, 0.15) is 5.75 Å². The highest BCUT2D eigenvalue weighted by molar-refractivity contribution is 6.42. The monoisotopic (exact) mass is 256 g/mol. The molecule has 0 aliphatic rings. The number of hydrogen-bond donors (Lipinski definition) is 1. The molecule has 4 nitrogen and oxygen atoms in total. The molecule has 0 amide bonds. The van der Waals surface area contributed by atoms with E-state index in [4.69, 9.17) is 11.6 Å². The number of halogens is 1. The van der Waals surface area contributed by atoms with Gasteiger partial charge in [-0.2, -0.15) is 0 Å². The Morgan fingerprint density at radius 3 is 2.53 bits per heavy atom. The third-order valence-corrected chi connectivity index (χ3v) is 2.77. The lowest BCUT2D eigenvalue weighted by atomic mass is 10.00. The van der Waals surface area contributed by atoms with Crippen molar-refractivity contribution in [3.8, 4) is 5.75 Å². The Balaban J connectivity index is 3.28. The second-order valence-electron chi connectivity index (χ2n) is 3.57. The summed E-state index contributed by atoms with van der Waals surface area (Å²) in [6, 6.07) is 1.53. The quantitative estimate of drug-likeness (QED) is 0.512. The number of phenols is 1. The van der Waals surface area contributed by atoms with Gasteiger partial charge in [0.25, 0.3) is 5.78 Å². The van der Waals surface area contributed by atoms with Gasteiger partial charge in [-0.1, -0.05) is 11.6 Å². The number of Topliss-reactive ketones (excluding diaryl/α,β-unsaturated/α-hetero) is 1. The number of hydrogen-bond acceptors (Lipinski definition) is 4. The molecule has 17 heavy (non-hydrogen) atoms. The number of esters is 1. The molecule has 92 valence electrons. The number of carbonyl (C=O) groups excluding carboxylic acids is 2. The van der Waals surface area contributed by atoms with Crippen molar-refractivity contribution >= 4 is 23.4 Å². The molecule has 1 aromatic carbocycles. The van der Waals surface area contributed by atoms with Crippen LogP contribution in [-0.2, 0) is 9.53 Å². The van der Waals surface area contributed by atoms with E-state index >= 15 is 0 Å². The Morgan fingerprint density at radius 2 is 2.00 bits per heavy atom. The van der Waals surface area contributed by atoms with E-state index in [0.29, 0.717) is 16.1 Å². The lowest BCUT2D eigenvalue weighted by Crippen LogP contribution is -2.19. The minimum atomic E-state index is -0.979. The zero-order valence-corrected chi connectivity index (χ0v) is 10.6. The molecule has 0 aromatic heterocycles. The largest absolute Gasteiger partial charge is 0.507 e. The van der Waals surface area contributed by atoms with Crippen LogP contribution in [0.5, 0.6) is 5.75 Å². The topological polar surface area (TPSA) is 63.6 Å². The van der Waals surface area contributed by atoms with Crippen molar-refractivity contribution in [2.24, 2.45) is 0 Å². The standard InChI is InChI=1S/C12H13ClO4/c1-4-17-12(16)11(15)9-6(2)5-8(13)7(3)10(9)14/h5,14H,4H2,1-3H3. The molecule has 0 saturated carbocycles. The van der Waals surface area contributed by atoms with Crippen molar-refractivity contribution in [2.75, 3.05) is 6.61 Å². The number of phenolic OH excluding ortho intramolecular Hbond substituents is 1. The van der Waals surface area contributed by atoms with Crippen molar-refractivity contribution in [2.45, 2.75) is 20.8 Å². The summed E-state index contributed by atoms with van der Waals surface area (Å²) in [4.78, 5) is 23.1. The van der Waals surface area contributed by atoms with Gasteiger partial charge in [0.05, 0.1) is 12.2 Å². The van der Waals surface area contributed by atoms with Gasteiger partial charge in [-0.3, -0.25) is 4.79 Å². The van der Waals surface area contributed by atoms with Crippen LogP contribution in [0, 0.1) is 13.8 Å². The van der Waals surface area contributed by atoms with Crippen LogP contribution in [-0.4, -0.2) is 23.5 Å². The van der Waals surface area contributed by atoms with E-state index in [1.54, 1.807) is 20.8 Å². The number of rotatable bonds is 3. The van der Waals surface area contributed by atoms with E-state index < -0.39 is 11.8 Å². The van der Waals surface area contributed by atoms with E-state index in [1.807, 2.05) is 0 Å². The highest BCUT2D eigenvalue weighted by Gasteiger charge is 2.25. The fourth-order valence-electron chi connectivity index (χ4n) is 1.44. The molecular weight excluding hydrogens is 244 g/mol. The third kappa shape index (κ3) is 2.58. The molecule has 0 bridgehead atoms. The van der Waals surface area contributed by atoms with Gasteiger partial charge in [0.2, 0.25) is 0 Å². The van der Waals surface area contributed by atoms with Crippen molar-refractivity contribution in [3.05, 3.63) is 27.8 Å².